The topological polar surface area (TPSA) is 19.0 Å². The number of likely N-dealkylation sites (N-methyl/N-ethyl adjacent to an activating group) is 1. The van der Waals surface area contributed by atoms with E-state index in [0.717, 1.165) is 18.2 Å². The lowest BCUT2D eigenvalue weighted by molar-refractivity contribution is 0.153. The molecule has 1 unspecified atom stereocenters. The Balaban J connectivity index is 1.53. The van der Waals surface area contributed by atoms with Crippen LogP contribution in [0.15, 0.2) is 18.2 Å². The zero-order valence-electron chi connectivity index (χ0n) is 17.0. The van der Waals surface area contributed by atoms with Crippen LogP contribution < -0.4 is 4.74 Å². The fraction of sp³-hybridized carbons (Fsp3) is 0.727. The normalized spacial score (nSPS) is 23.3. The first-order valence-corrected chi connectivity index (χ1v) is 10.4. The van der Waals surface area contributed by atoms with Crippen LogP contribution in [0.25, 0.3) is 0 Å². The Bertz CT molecular complexity index is 554. The highest BCUT2D eigenvalue weighted by Gasteiger charge is 2.18. The summed E-state index contributed by atoms with van der Waals surface area (Å²) in [7, 11) is 4.02. The minimum absolute atomic E-state index is 0.821. The zero-order valence-corrected chi connectivity index (χ0v) is 17.0. The summed E-state index contributed by atoms with van der Waals surface area (Å²) in [5.74, 6) is 1.87. The van der Waals surface area contributed by atoms with E-state index in [1.165, 1.54) is 82.6 Å². The summed E-state index contributed by atoms with van der Waals surface area (Å²) < 4.78 is 5.64. The number of nitrogens with zero attached hydrogens (tertiary/aromatic N) is 3. The molecule has 1 atom stereocenters. The van der Waals surface area contributed by atoms with Crippen LogP contribution in [0.2, 0.25) is 0 Å². The number of benzene rings is 1. The highest BCUT2D eigenvalue weighted by Crippen LogP contribution is 2.25. The van der Waals surface area contributed by atoms with Gasteiger partial charge in [0.15, 0.2) is 0 Å². The molecule has 2 aliphatic heterocycles. The van der Waals surface area contributed by atoms with Crippen molar-refractivity contribution in [3.05, 3.63) is 29.3 Å². The van der Waals surface area contributed by atoms with Gasteiger partial charge >= 0.3 is 0 Å². The number of rotatable bonds is 7. The van der Waals surface area contributed by atoms with Crippen LogP contribution in [-0.4, -0.2) is 74.7 Å². The van der Waals surface area contributed by atoms with Crippen LogP contribution in [0.5, 0.6) is 5.75 Å². The molecule has 1 aromatic carbocycles. The van der Waals surface area contributed by atoms with Gasteiger partial charge in [0, 0.05) is 44.8 Å². The summed E-state index contributed by atoms with van der Waals surface area (Å²) in [5.41, 5.74) is 2.82. The number of hydrogen-bond donors (Lipinski definition) is 0. The summed E-state index contributed by atoms with van der Waals surface area (Å²) in [6.07, 6.45) is 5.12. The predicted octanol–water partition coefficient (Wildman–Crippen LogP) is 3.11. The molecule has 0 N–H and O–H groups in total. The van der Waals surface area contributed by atoms with Crippen molar-refractivity contribution in [1.29, 1.82) is 0 Å². The first-order valence-electron chi connectivity index (χ1n) is 10.4. The van der Waals surface area contributed by atoms with Gasteiger partial charge in [0.1, 0.15) is 5.75 Å². The van der Waals surface area contributed by atoms with Crippen LogP contribution >= 0.6 is 0 Å². The maximum Gasteiger partial charge on any atom is 0.123 e. The molecule has 4 heteroatoms. The minimum atomic E-state index is 0.821. The van der Waals surface area contributed by atoms with Gasteiger partial charge in [0.25, 0.3) is 0 Å². The van der Waals surface area contributed by atoms with E-state index in [4.69, 9.17) is 4.74 Å². The van der Waals surface area contributed by atoms with Gasteiger partial charge in [-0.1, -0.05) is 19.1 Å². The molecule has 2 heterocycles. The average Bonchev–Trinajstić information content (AvgIpc) is 2.64. The van der Waals surface area contributed by atoms with Gasteiger partial charge in [-0.05, 0) is 63.4 Å². The van der Waals surface area contributed by atoms with E-state index in [9.17, 15) is 0 Å². The first-order chi connectivity index (χ1) is 12.6. The molecule has 1 aromatic rings. The van der Waals surface area contributed by atoms with Crippen LogP contribution in [0.4, 0.5) is 0 Å². The van der Waals surface area contributed by atoms with Crippen molar-refractivity contribution in [1.82, 2.24) is 14.7 Å². The van der Waals surface area contributed by atoms with Crippen molar-refractivity contribution >= 4 is 0 Å². The third kappa shape index (κ3) is 5.70. The first kappa shape index (κ1) is 19.7. The maximum atomic E-state index is 5.64. The van der Waals surface area contributed by atoms with Gasteiger partial charge in [-0.15, -0.1) is 0 Å². The van der Waals surface area contributed by atoms with Crippen molar-refractivity contribution < 1.29 is 4.74 Å². The molecule has 146 valence electrons. The minimum Gasteiger partial charge on any atom is -0.496 e. The van der Waals surface area contributed by atoms with Crippen LogP contribution in [0.1, 0.15) is 37.3 Å². The maximum absolute atomic E-state index is 5.64. The Morgan fingerprint density at radius 3 is 2.62 bits per heavy atom. The number of methoxy groups -OCH3 is 1. The van der Waals surface area contributed by atoms with Gasteiger partial charge in [-0.3, -0.25) is 4.90 Å². The fourth-order valence-corrected chi connectivity index (χ4v) is 4.36. The van der Waals surface area contributed by atoms with Crippen molar-refractivity contribution in [2.45, 2.75) is 39.2 Å². The van der Waals surface area contributed by atoms with Gasteiger partial charge in [-0.2, -0.15) is 0 Å². The molecule has 3 rings (SSSR count). The van der Waals surface area contributed by atoms with E-state index in [1.807, 2.05) is 0 Å². The molecule has 0 aliphatic carbocycles. The third-order valence-corrected chi connectivity index (χ3v) is 6.02. The molecule has 0 bridgehead atoms. The van der Waals surface area contributed by atoms with E-state index < -0.39 is 0 Å². The van der Waals surface area contributed by atoms with Gasteiger partial charge in [0.2, 0.25) is 0 Å². The standard InChI is InChI=1S/C22H37N3O/c1-19-6-4-11-25(17-19)18-21-16-20(8-9-22(21)26-3)7-5-10-24-14-12-23(2)13-15-24/h8-9,16,19H,4-7,10-15,17-18H2,1-3H3. The summed E-state index contributed by atoms with van der Waals surface area (Å²) in [6.45, 7) is 11.9. The fourth-order valence-electron chi connectivity index (χ4n) is 4.36. The Labute approximate surface area is 160 Å². The second kappa shape index (κ2) is 9.72. The summed E-state index contributed by atoms with van der Waals surface area (Å²) in [6, 6.07) is 6.82. The number of piperazine rings is 1. The van der Waals surface area contributed by atoms with E-state index in [0.29, 0.717) is 0 Å². The summed E-state index contributed by atoms with van der Waals surface area (Å²) in [5, 5.41) is 0. The molecular formula is C22H37N3O. The molecule has 0 amide bonds. The molecule has 0 saturated carbocycles. The Morgan fingerprint density at radius 1 is 1.08 bits per heavy atom. The zero-order chi connectivity index (χ0) is 18.4. The highest BCUT2D eigenvalue weighted by molar-refractivity contribution is 5.37. The van der Waals surface area contributed by atoms with E-state index in [2.05, 4.69) is 46.9 Å². The molecule has 2 aliphatic rings. The average molecular weight is 360 g/mol. The second-order valence-electron chi connectivity index (χ2n) is 8.38. The molecule has 0 spiro atoms. The molecule has 0 radical (unpaired) electrons. The van der Waals surface area contributed by atoms with Crippen LogP contribution in [0.3, 0.4) is 0 Å². The van der Waals surface area contributed by atoms with Gasteiger partial charge < -0.3 is 14.5 Å². The van der Waals surface area contributed by atoms with Crippen LogP contribution in [-0.2, 0) is 13.0 Å². The van der Waals surface area contributed by atoms with Crippen LogP contribution in [0, 0.1) is 5.92 Å². The third-order valence-electron chi connectivity index (χ3n) is 6.02. The van der Waals surface area contributed by atoms with Gasteiger partial charge in [0.05, 0.1) is 7.11 Å². The van der Waals surface area contributed by atoms with E-state index >= 15 is 0 Å². The molecule has 4 nitrogen and oxygen atoms in total. The largest absolute Gasteiger partial charge is 0.496 e. The number of piperidine rings is 1. The van der Waals surface area contributed by atoms with Crippen molar-refractivity contribution in [3.8, 4) is 5.75 Å². The molecule has 0 aromatic heterocycles. The van der Waals surface area contributed by atoms with Crippen molar-refractivity contribution in [2.24, 2.45) is 5.92 Å². The number of hydrogen-bond acceptors (Lipinski definition) is 4. The number of aryl methyl sites for hydroxylation is 1. The lowest BCUT2D eigenvalue weighted by Gasteiger charge is -2.32. The molecular weight excluding hydrogens is 322 g/mol. The number of ether oxygens (including phenoxy) is 1. The summed E-state index contributed by atoms with van der Waals surface area (Å²) >= 11 is 0. The quantitative estimate of drug-likeness (QED) is 0.744. The SMILES string of the molecule is COc1ccc(CCCN2CCN(C)CC2)cc1CN1CCCC(C)C1. The Kier molecular flexibility index (Phi) is 7.35. The molecule has 26 heavy (non-hydrogen) atoms. The highest BCUT2D eigenvalue weighted by atomic mass is 16.5. The monoisotopic (exact) mass is 359 g/mol. The van der Waals surface area contributed by atoms with Crippen molar-refractivity contribution in [2.75, 3.05) is 60.0 Å². The molecule has 2 saturated heterocycles. The number of likely N-dealkylation sites (tertiary alicyclic amines) is 1. The Hall–Kier alpha value is -1.10. The summed E-state index contributed by atoms with van der Waals surface area (Å²) in [4.78, 5) is 7.63. The predicted molar refractivity (Wildman–Crippen MR) is 109 cm³/mol. The smallest absolute Gasteiger partial charge is 0.123 e. The van der Waals surface area contributed by atoms with E-state index in [-0.39, 0.29) is 0 Å². The van der Waals surface area contributed by atoms with E-state index in [1.54, 1.807) is 7.11 Å². The van der Waals surface area contributed by atoms with Crippen molar-refractivity contribution in [3.63, 3.8) is 0 Å². The second-order valence-corrected chi connectivity index (χ2v) is 8.38. The lowest BCUT2D eigenvalue weighted by Crippen LogP contribution is -2.44. The lowest BCUT2D eigenvalue weighted by atomic mass is 9.99. The van der Waals surface area contributed by atoms with Gasteiger partial charge in [-0.25, -0.2) is 0 Å². The Morgan fingerprint density at radius 2 is 1.88 bits per heavy atom. The molecule has 2 fully saturated rings.